The molecule has 4 aromatic rings. The van der Waals surface area contributed by atoms with E-state index in [0.717, 1.165) is 5.69 Å². The van der Waals surface area contributed by atoms with Crippen molar-refractivity contribution in [3.8, 4) is 5.75 Å². The molecule has 8 nitrogen and oxygen atoms in total. The first-order valence-corrected chi connectivity index (χ1v) is 11.5. The largest absolute Gasteiger partial charge is 0.508 e. The molecule has 0 saturated heterocycles. The third kappa shape index (κ3) is 4.89. The highest BCUT2D eigenvalue weighted by Gasteiger charge is 2.19. The van der Waals surface area contributed by atoms with E-state index in [1.54, 1.807) is 36.4 Å². The molecule has 0 aliphatic heterocycles. The lowest BCUT2D eigenvalue weighted by molar-refractivity contribution is 0.475. The number of fused-ring (bicyclic) bond motifs is 1. The standard InChI is InChI=1S/C23H23N5O3S/c1-15(2)24-16-9-13-19(14-10-16)32(30,31)28-23-22(25-17-7-11-18(29)12-8-17)26-20-5-3-4-6-21(20)27-23/h3-15,24,29H,1-2H3,(H,25,26)(H,27,28). The molecule has 164 valence electrons. The monoisotopic (exact) mass is 449 g/mol. The van der Waals surface area contributed by atoms with Gasteiger partial charge in [0.1, 0.15) is 5.75 Å². The maximum atomic E-state index is 13.1. The number of phenols is 1. The summed E-state index contributed by atoms with van der Waals surface area (Å²) in [5.41, 5.74) is 2.62. The average Bonchev–Trinajstić information content (AvgIpc) is 2.75. The van der Waals surface area contributed by atoms with Crippen LogP contribution in [0.3, 0.4) is 0 Å². The van der Waals surface area contributed by atoms with Crippen LogP contribution in [0.2, 0.25) is 0 Å². The minimum absolute atomic E-state index is 0.0705. The summed E-state index contributed by atoms with van der Waals surface area (Å²) in [6.07, 6.45) is 0. The summed E-state index contributed by atoms with van der Waals surface area (Å²) in [7, 11) is -3.91. The molecular weight excluding hydrogens is 426 g/mol. The molecule has 1 aromatic heterocycles. The number of para-hydroxylation sites is 2. The highest BCUT2D eigenvalue weighted by atomic mass is 32.2. The SMILES string of the molecule is CC(C)Nc1ccc(S(=O)(=O)Nc2nc3ccccc3nc2Nc2ccc(O)cc2)cc1. The summed E-state index contributed by atoms with van der Waals surface area (Å²) in [5.74, 6) is 0.439. The molecule has 32 heavy (non-hydrogen) atoms. The van der Waals surface area contributed by atoms with E-state index < -0.39 is 10.0 Å². The van der Waals surface area contributed by atoms with Gasteiger partial charge in [-0.15, -0.1) is 0 Å². The number of aromatic hydroxyl groups is 1. The first-order chi connectivity index (χ1) is 15.3. The Balaban J connectivity index is 1.69. The molecule has 0 radical (unpaired) electrons. The van der Waals surface area contributed by atoms with Gasteiger partial charge in [0.05, 0.1) is 15.9 Å². The van der Waals surface area contributed by atoms with Gasteiger partial charge < -0.3 is 15.7 Å². The molecule has 9 heteroatoms. The number of phenolic OH excluding ortho intramolecular Hbond substituents is 1. The molecule has 0 aliphatic rings. The number of hydrogen-bond acceptors (Lipinski definition) is 7. The maximum absolute atomic E-state index is 13.1. The van der Waals surface area contributed by atoms with Crippen LogP contribution in [0.25, 0.3) is 11.0 Å². The minimum atomic E-state index is -3.91. The van der Waals surface area contributed by atoms with Crippen LogP contribution in [0.5, 0.6) is 5.75 Å². The molecule has 0 unspecified atom stereocenters. The highest BCUT2D eigenvalue weighted by molar-refractivity contribution is 7.92. The zero-order valence-electron chi connectivity index (χ0n) is 17.6. The summed E-state index contributed by atoms with van der Waals surface area (Å²) in [5, 5.41) is 15.8. The number of nitrogens with zero attached hydrogens (tertiary/aromatic N) is 2. The van der Waals surface area contributed by atoms with E-state index in [-0.39, 0.29) is 28.3 Å². The summed E-state index contributed by atoms with van der Waals surface area (Å²) in [6.45, 7) is 4.01. The first-order valence-electron chi connectivity index (χ1n) is 10.0. The van der Waals surface area contributed by atoms with Gasteiger partial charge in [0, 0.05) is 17.4 Å². The van der Waals surface area contributed by atoms with Crippen LogP contribution in [-0.2, 0) is 10.0 Å². The Morgan fingerprint density at radius 1 is 0.781 bits per heavy atom. The lowest BCUT2D eigenvalue weighted by Gasteiger charge is -2.14. The van der Waals surface area contributed by atoms with Crippen LogP contribution in [0.1, 0.15) is 13.8 Å². The zero-order valence-corrected chi connectivity index (χ0v) is 18.4. The van der Waals surface area contributed by atoms with Crippen molar-refractivity contribution in [3.05, 3.63) is 72.8 Å². The maximum Gasteiger partial charge on any atom is 0.263 e. The second kappa shape index (κ2) is 8.72. The van der Waals surface area contributed by atoms with Gasteiger partial charge >= 0.3 is 0 Å². The fourth-order valence-electron chi connectivity index (χ4n) is 3.09. The van der Waals surface area contributed by atoms with Crippen molar-refractivity contribution in [2.24, 2.45) is 0 Å². The van der Waals surface area contributed by atoms with Gasteiger partial charge in [-0.2, -0.15) is 0 Å². The Kier molecular flexibility index (Phi) is 5.83. The molecule has 0 saturated carbocycles. The van der Waals surface area contributed by atoms with Gasteiger partial charge in [-0.1, -0.05) is 12.1 Å². The minimum Gasteiger partial charge on any atom is -0.508 e. The average molecular weight is 450 g/mol. The van der Waals surface area contributed by atoms with Crippen LogP contribution < -0.4 is 15.4 Å². The molecule has 0 spiro atoms. The van der Waals surface area contributed by atoms with Crippen LogP contribution >= 0.6 is 0 Å². The van der Waals surface area contributed by atoms with Crippen molar-refractivity contribution >= 4 is 44.1 Å². The summed E-state index contributed by atoms with van der Waals surface area (Å²) < 4.78 is 28.7. The number of anilines is 4. The summed E-state index contributed by atoms with van der Waals surface area (Å²) in [4.78, 5) is 9.13. The van der Waals surface area contributed by atoms with E-state index in [1.807, 2.05) is 26.0 Å². The zero-order chi connectivity index (χ0) is 22.7. The van der Waals surface area contributed by atoms with Crippen molar-refractivity contribution in [3.63, 3.8) is 0 Å². The van der Waals surface area contributed by atoms with Gasteiger partial charge in [-0.3, -0.25) is 4.72 Å². The normalized spacial score (nSPS) is 11.5. The fraction of sp³-hybridized carbons (Fsp3) is 0.130. The second-order valence-corrected chi connectivity index (χ2v) is 9.19. The van der Waals surface area contributed by atoms with E-state index >= 15 is 0 Å². The first kappa shape index (κ1) is 21.4. The summed E-state index contributed by atoms with van der Waals surface area (Å²) in [6, 6.07) is 20.3. The van der Waals surface area contributed by atoms with Gasteiger partial charge in [0.2, 0.25) is 0 Å². The van der Waals surface area contributed by atoms with Gasteiger partial charge in [0.25, 0.3) is 10.0 Å². The van der Waals surface area contributed by atoms with E-state index in [0.29, 0.717) is 16.7 Å². The number of aromatic nitrogens is 2. The van der Waals surface area contributed by atoms with Crippen molar-refractivity contribution < 1.29 is 13.5 Å². The Morgan fingerprint density at radius 3 is 1.94 bits per heavy atom. The molecular formula is C23H23N5O3S. The van der Waals surface area contributed by atoms with E-state index in [4.69, 9.17) is 0 Å². The van der Waals surface area contributed by atoms with E-state index in [2.05, 4.69) is 25.3 Å². The number of hydrogen-bond donors (Lipinski definition) is 4. The number of sulfonamides is 1. The molecule has 0 aliphatic carbocycles. The number of benzene rings is 3. The molecule has 0 bridgehead atoms. The lowest BCUT2D eigenvalue weighted by atomic mass is 10.3. The Hall–Kier alpha value is -3.85. The molecule has 0 atom stereocenters. The molecule has 4 N–H and O–H groups in total. The Labute approximate surface area is 186 Å². The van der Waals surface area contributed by atoms with Crippen LogP contribution in [-0.4, -0.2) is 29.5 Å². The van der Waals surface area contributed by atoms with E-state index in [9.17, 15) is 13.5 Å². The van der Waals surface area contributed by atoms with Crippen molar-refractivity contribution in [1.29, 1.82) is 0 Å². The van der Waals surface area contributed by atoms with Crippen molar-refractivity contribution in [2.75, 3.05) is 15.4 Å². The van der Waals surface area contributed by atoms with Crippen molar-refractivity contribution in [2.45, 2.75) is 24.8 Å². The molecule has 0 fully saturated rings. The second-order valence-electron chi connectivity index (χ2n) is 7.51. The number of rotatable bonds is 7. The fourth-order valence-corrected chi connectivity index (χ4v) is 4.10. The highest BCUT2D eigenvalue weighted by Crippen LogP contribution is 2.28. The molecule has 3 aromatic carbocycles. The Bertz CT molecular complexity index is 1340. The number of nitrogens with one attached hydrogen (secondary N) is 3. The van der Waals surface area contributed by atoms with Gasteiger partial charge in [-0.05, 0) is 74.5 Å². The molecule has 4 rings (SSSR count). The van der Waals surface area contributed by atoms with Crippen LogP contribution in [0.4, 0.5) is 23.0 Å². The predicted molar refractivity (Wildman–Crippen MR) is 127 cm³/mol. The topological polar surface area (TPSA) is 116 Å². The lowest BCUT2D eigenvalue weighted by Crippen LogP contribution is -2.16. The van der Waals surface area contributed by atoms with Gasteiger partial charge in [0.15, 0.2) is 11.6 Å². The van der Waals surface area contributed by atoms with Gasteiger partial charge in [-0.25, -0.2) is 18.4 Å². The third-order valence-electron chi connectivity index (χ3n) is 4.55. The summed E-state index contributed by atoms with van der Waals surface area (Å²) >= 11 is 0. The van der Waals surface area contributed by atoms with E-state index in [1.165, 1.54) is 24.3 Å². The van der Waals surface area contributed by atoms with Crippen LogP contribution in [0, 0.1) is 0 Å². The smallest absolute Gasteiger partial charge is 0.263 e. The molecule has 0 amide bonds. The van der Waals surface area contributed by atoms with Crippen LogP contribution in [0.15, 0.2) is 77.7 Å². The Morgan fingerprint density at radius 2 is 1.34 bits per heavy atom. The quantitative estimate of drug-likeness (QED) is 0.302. The predicted octanol–water partition coefficient (Wildman–Crippen LogP) is 4.70. The van der Waals surface area contributed by atoms with Crippen molar-refractivity contribution in [1.82, 2.24) is 9.97 Å². The third-order valence-corrected chi connectivity index (χ3v) is 5.91. The molecule has 1 heterocycles.